The van der Waals surface area contributed by atoms with E-state index in [2.05, 4.69) is 16.9 Å². The van der Waals surface area contributed by atoms with Crippen LogP contribution in [0.15, 0.2) is 30.5 Å². The van der Waals surface area contributed by atoms with Gasteiger partial charge in [0.1, 0.15) is 0 Å². The van der Waals surface area contributed by atoms with Crippen molar-refractivity contribution in [1.82, 2.24) is 4.98 Å². The quantitative estimate of drug-likeness (QED) is 0.839. The van der Waals surface area contributed by atoms with Crippen LogP contribution in [0.3, 0.4) is 0 Å². The van der Waals surface area contributed by atoms with Crippen LogP contribution in [0, 0.1) is 0 Å². The van der Waals surface area contributed by atoms with Crippen LogP contribution < -0.4 is 10.6 Å². The van der Waals surface area contributed by atoms with Gasteiger partial charge in [-0.3, -0.25) is 4.98 Å². The number of hydrogen-bond acceptors (Lipinski definition) is 4. The maximum Gasteiger partial charge on any atom is 0.0951 e. The van der Waals surface area contributed by atoms with Crippen molar-refractivity contribution in [2.45, 2.75) is 20.0 Å². The second kappa shape index (κ2) is 5.89. The number of pyridine rings is 1. The predicted octanol–water partition coefficient (Wildman–Crippen LogP) is 2.68. The highest BCUT2D eigenvalue weighted by molar-refractivity contribution is 5.98. The first-order valence-corrected chi connectivity index (χ1v) is 6.55. The normalized spacial score (nSPS) is 11.2. The van der Waals surface area contributed by atoms with Gasteiger partial charge in [0.25, 0.3) is 0 Å². The SMILES string of the molecule is CC(C)OCCN(C)c1ccc(N)c2ncccc12. The summed E-state index contributed by atoms with van der Waals surface area (Å²) in [6.07, 6.45) is 2.03. The first-order valence-electron chi connectivity index (χ1n) is 6.55. The van der Waals surface area contributed by atoms with E-state index < -0.39 is 0 Å². The molecule has 0 fully saturated rings. The van der Waals surface area contributed by atoms with E-state index in [4.69, 9.17) is 10.5 Å². The first kappa shape index (κ1) is 13.6. The van der Waals surface area contributed by atoms with Crippen LogP contribution in [-0.2, 0) is 4.74 Å². The van der Waals surface area contributed by atoms with Crippen molar-refractivity contribution < 1.29 is 4.74 Å². The molecule has 0 radical (unpaired) electrons. The number of nitrogens with two attached hydrogens (primary N) is 1. The van der Waals surface area contributed by atoms with Gasteiger partial charge in [-0.25, -0.2) is 0 Å². The molecule has 0 spiro atoms. The molecule has 0 amide bonds. The monoisotopic (exact) mass is 259 g/mol. The summed E-state index contributed by atoms with van der Waals surface area (Å²) in [6.45, 7) is 5.64. The molecule has 0 saturated carbocycles. The third kappa shape index (κ3) is 3.15. The zero-order chi connectivity index (χ0) is 13.8. The van der Waals surface area contributed by atoms with Crippen molar-refractivity contribution in [2.24, 2.45) is 0 Å². The Morgan fingerprint density at radius 3 is 2.84 bits per heavy atom. The summed E-state index contributed by atoms with van der Waals surface area (Å²) in [6, 6.07) is 7.93. The van der Waals surface area contributed by atoms with E-state index >= 15 is 0 Å². The fourth-order valence-electron chi connectivity index (χ4n) is 2.06. The molecule has 0 aliphatic carbocycles. The zero-order valence-corrected chi connectivity index (χ0v) is 11.8. The van der Waals surface area contributed by atoms with Gasteiger partial charge in [0.05, 0.1) is 23.9 Å². The maximum absolute atomic E-state index is 5.96. The average Bonchev–Trinajstić information content (AvgIpc) is 2.39. The van der Waals surface area contributed by atoms with Gasteiger partial charge in [-0.05, 0) is 38.1 Å². The van der Waals surface area contributed by atoms with Gasteiger partial charge in [0, 0.05) is 30.9 Å². The Labute approximate surface area is 114 Å². The van der Waals surface area contributed by atoms with Gasteiger partial charge < -0.3 is 15.4 Å². The molecule has 4 heteroatoms. The summed E-state index contributed by atoms with van der Waals surface area (Å²) in [7, 11) is 2.06. The number of ether oxygens (including phenoxy) is 1. The lowest BCUT2D eigenvalue weighted by Crippen LogP contribution is -2.24. The average molecular weight is 259 g/mol. The highest BCUT2D eigenvalue weighted by atomic mass is 16.5. The smallest absolute Gasteiger partial charge is 0.0951 e. The van der Waals surface area contributed by atoms with Crippen molar-refractivity contribution in [2.75, 3.05) is 30.8 Å². The molecule has 0 bridgehead atoms. The summed E-state index contributed by atoms with van der Waals surface area (Å²) < 4.78 is 5.59. The molecule has 2 aromatic rings. The van der Waals surface area contributed by atoms with Gasteiger partial charge in [0.15, 0.2) is 0 Å². The van der Waals surface area contributed by atoms with E-state index in [1.54, 1.807) is 6.20 Å². The second-order valence-corrected chi connectivity index (χ2v) is 4.91. The van der Waals surface area contributed by atoms with Crippen LogP contribution in [-0.4, -0.2) is 31.3 Å². The summed E-state index contributed by atoms with van der Waals surface area (Å²) in [4.78, 5) is 6.52. The van der Waals surface area contributed by atoms with Crippen molar-refractivity contribution in [3.05, 3.63) is 30.5 Å². The molecule has 0 saturated heterocycles. The van der Waals surface area contributed by atoms with Gasteiger partial charge in [0.2, 0.25) is 0 Å². The Morgan fingerprint density at radius 2 is 2.11 bits per heavy atom. The second-order valence-electron chi connectivity index (χ2n) is 4.91. The van der Waals surface area contributed by atoms with E-state index in [1.165, 1.54) is 0 Å². The number of anilines is 2. The minimum atomic E-state index is 0.262. The predicted molar refractivity (Wildman–Crippen MR) is 80.5 cm³/mol. The van der Waals surface area contributed by atoms with E-state index in [1.807, 2.05) is 38.1 Å². The summed E-state index contributed by atoms with van der Waals surface area (Å²) in [5.74, 6) is 0. The minimum absolute atomic E-state index is 0.262. The van der Waals surface area contributed by atoms with Crippen LogP contribution in [0.5, 0.6) is 0 Å². The molecule has 19 heavy (non-hydrogen) atoms. The van der Waals surface area contributed by atoms with Gasteiger partial charge >= 0.3 is 0 Å². The number of nitrogens with zero attached hydrogens (tertiary/aromatic N) is 2. The molecule has 0 atom stereocenters. The highest BCUT2D eigenvalue weighted by Crippen LogP contribution is 2.28. The summed E-state index contributed by atoms with van der Waals surface area (Å²) in [5.41, 5.74) is 8.66. The molecule has 0 aliphatic rings. The molecule has 1 aromatic carbocycles. The fourth-order valence-corrected chi connectivity index (χ4v) is 2.06. The van der Waals surface area contributed by atoms with E-state index in [9.17, 15) is 0 Å². The number of aromatic nitrogens is 1. The van der Waals surface area contributed by atoms with Crippen molar-refractivity contribution in [3.63, 3.8) is 0 Å². The summed E-state index contributed by atoms with van der Waals surface area (Å²) in [5, 5.41) is 1.08. The van der Waals surface area contributed by atoms with Crippen LogP contribution in [0.2, 0.25) is 0 Å². The Bertz CT molecular complexity index is 554. The Balaban J connectivity index is 2.22. The number of benzene rings is 1. The number of likely N-dealkylation sites (N-methyl/N-ethyl adjacent to an activating group) is 1. The first-order chi connectivity index (χ1) is 9.09. The van der Waals surface area contributed by atoms with Gasteiger partial charge in [-0.1, -0.05) is 0 Å². The zero-order valence-electron chi connectivity index (χ0n) is 11.8. The molecular formula is C15H21N3O. The molecule has 4 nitrogen and oxygen atoms in total. The molecule has 2 N–H and O–H groups in total. The lowest BCUT2D eigenvalue weighted by atomic mass is 10.1. The molecular weight excluding hydrogens is 238 g/mol. The standard InChI is InChI=1S/C15H21N3O/c1-11(2)19-10-9-18(3)14-7-6-13(16)15-12(14)5-4-8-17-15/h4-8,11H,9-10,16H2,1-3H3. The highest BCUT2D eigenvalue weighted by Gasteiger charge is 2.08. The Hall–Kier alpha value is -1.81. The molecule has 102 valence electrons. The van der Waals surface area contributed by atoms with Crippen LogP contribution in [0.25, 0.3) is 10.9 Å². The maximum atomic E-state index is 5.96. The van der Waals surface area contributed by atoms with E-state index in [0.29, 0.717) is 12.3 Å². The molecule has 2 rings (SSSR count). The van der Waals surface area contributed by atoms with Gasteiger partial charge in [-0.2, -0.15) is 0 Å². The summed E-state index contributed by atoms with van der Waals surface area (Å²) >= 11 is 0. The van der Waals surface area contributed by atoms with Crippen LogP contribution in [0.1, 0.15) is 13.8 Å². The molecule has 1 heterocycles. The topological polar surface area (TPSA) is 51.4 Å². The Kier molecular flexibility index (Phi) is 4.22. The van der Waals surface area contributed by atoms with E-state index in [0.717, 1.165) is 23.1 Å². The number of hydrogen-bond donors (Lipinski definition) is 1. The van der Waals surface area contributed by atoms with E-state index in [-0.39, 0.29) is 6.10 Å². The largest absolute Gasteiger partial charge is 0.397 e. The number of nitrogen functional groups attached to an aromatic ring is 1. The molecule has 0 unspecified atom stereocenters. The third-order valence-electron chi connectivity index (χ3n) is 3.07. The third-order valence-corrected chi connectivity index (χ3v) is 3.07. The lowest BCUT2D eigenvalue weighted by Gasteiger charge is -2.22. The fraction of sp³-hybridized carbons (Fsp3) is 0.400. The lowest BCUT2D eigenvalue weighted by molar-refractivity contribution is 0.0846. The van der Waals surface area contributed by atoms with Crippen LogP contribution in [0.4, 0.5) is 11.4 Å². The number of rotatable bonds is 5. The number of fused-ring (bicyclic) bond motifs is 1. The van der Waals surface area contributed by atoms with Gasteiger partial charge in [-0.15, -0.1) is 0 Å². The molecule has 1 aromatic heterocycles. The molecule has 0 aliphatic heterocycles. The van der Waals surface area contributed by atoms with Crippen molar-refractivity contribution in [3.8, 4) is 0 Å². The Morgan fingerprint density at radius 1 is 1.32 bits per heavy atom. The minimum Gasteiger partial charge on any atom is -0.397 e. The van der Waals surface area contributed by atoms with Crippen molar-refractivity contribution in [1.29, 1.82) is 0 Å². The van der Waals surface area contributed by atoms with Crippen molar-refractivity contribution >= 4 is 22.3 Å². The van der Waals surface area contributed by atoms with Crippen LogP contribution >= 0.6 is 0 Å².